The van der Waals surface area contributed by atoms with Crippen molar-refractivity contribution in [1.82, 2.24) is 19.5 Å². The summed E-state index contributed by atoms with van der Waals surface area (Å²) in [5.41, 5.74) is 13.6. The van der Waals surface area contributed by atoms with Crippen molar-refractivity contribution in [3.8, 4) is 0 Å². The maximum atomic E-state index is 6.20. The molecule has 2 aromatic heterocycles. The van der Waals surface area contributed by atoms with Gasteiger partial charge in [0.15, 0.2) is 11.5 Å². The van der Waals surface area contributed by atoms with E-state index in [9.17, 15) is 0 Å². The minimum absolute atomic E-state index is 0.379. The van der Waals surface area contributed by atoms with E-state index in [0.29, 0.717) is 35.3 Å². The van der Waals surface area contributed by atoms with Crippen molar-refractivity contribution in [2.45, 2.75) is 37.8 Å². The van der Waals surface area contributed by atoms with Crippen LogP contribution in [0.15, 0.2) is 12.7 Å². The quantitative estimate of drug-likeness (QED) is 0.798. The molecule has 2 saturated carbocycles. The van der Waals surface area contributed by atoms with Crippen molar-refractivity contribution in [3.63, 3.8) is 0 Å². The highest BCUT2D eigenvalue weighted by molar-refractivity contribution is 5.81. The van der Waals surface area contributed by atoms with Crippen molar-refractivity contribution in [3.05, 3.63) is 12.7 Å². The van der Waals surface area contributed by atoms with E-state index in [1.54, 1.807) is 0 Å². The Kier molecular flexibility index (Phi) is 2.29. The van der Waals surface area contributed by atoms with Gasteiger partial charge in [-0.05, 0) is 37.5 Å². The van der Waals surface area contributed by atoms with Crippen LogP contribution in [0.4, 0.5) is 5.82 Å². The van der Waals surface area contributed by atoms with Gasteiger partial charge in [-0.3, -0.25) is 0 Å². The number of rotatable bonds is 1. The van der Waals surface area contributed by atoms with E-state index in [1.165, 1.54) is 25.6 Å². The fourth-order valence-corrected chi connectivity index (χ4v) is 4.07. The van der Waals surface area contributed by atoms with Crippen LogP contribution in [0.2, 0.25) is 0 Å². The van der Waals surface area contributed by atoms with Gasteiger partial charge in [-0.15, -0.1) is 0 Å². The number of nitrogens with zero attached hydrogens (tertiary/aromatic N) is 4. The average Bonchev–Trinajstić information content (AvgIpc) is 3.06. The SMILES string of the molecule is Nc1ncnc2c1ncn2[C@H]1CC[C@H]2[C@@H]1CC[C@@H]2N. The molecule has 0 spiro atoms. The molecule has 0 aromatic carbocycles. The minimum Gasteiger partial charge on any atom is -0.382 e. The predicted octanol–water partition coefficient (Wildman–Crippen LogP) is 1.10. The molecular formula is C13H18N6. The summed E-state index contributed by atoms with van der Waals surface area (Å²) >= 11 is 0. The second-order valence-corrected chi connectivity index (χ2v) is 5.80. The number of hydrogen-bond acceptors (Lipinski definition) is 5. The summed E-state index contributed by atoms with van der Waals surface area (Å²) in [6, 6.07) is 0.849. The lowest BCUT2D eigenvalue weighted by Crippen LogP contribution is -2.25. The Labute approximate surface area is 111 Å². The fraction of sp³-hybridized carbons (Fsp3) is 0.615. The number of hydrogen-bond donors (Lipinski definition) is 2. The highest BCUT2D eigenvalue weighted by atomic mass is 15.2. The second-order valence-electron chi connectivity index (χ2n) is 5.80. The van der Waals surface area contributed by atoms with Crippen molar-refractivity contribution in [1.29, 1.82) is 0 Å². The molecule has 0 bridgehead atoms. The van der Waals surface area contributed by atoms with Gasteiger partial charge in [0.2, 0.25) is 0 Å². The Hall–Kier alpha value is -1.69. The van der Waals surface area contributed by atoms with Crippen LogP contribution in [0.25, 0.3) is 11.2 Å². The van der Waals surface area contributed by atoms with Crippen LogP contribution < -0.4 is 11.5 Å². The van der Waals surface area contributed by atoms with Crippen molar-refractivity contribution in [2.24, 2.45) is 17.6 Å². The van der Waals surface area contributed by atoms with E-state index in [4.69, 9.17) is 11.5 Å². The zero-order chi connectivity index (χ0) is 13.0. The van der Waals surface area contributed by atoms with E-state index in [2.05, 4.69) is 19.5 Å². The highest BCUT2D eigenvalue weighted by Gasteiger charge is 2.44. The first-order chi connectivity index (χ1) is 9.25. The van der Waals surface area contributed by atoms with Crippen molar-refractivity contribution < 1.29 is 0 Å². The maximum absolute atomic E-state index is 6.20. The second kappa shape index (κ2) is 3.90. The van der Waals surface area contributed by atoms with Gasteiger partial charge < -0.3 is 16.0 Å². The Morgan fingerprint density at radius 3 is 2.79 bits per heavy atom. The standard InChI is InChI=1S/C13H18N6/c14-9-3-1-8-7(9)2-4-10(8)19-6-18-11-12(15)16-5-17-13(11)19/h5-10H,1-4,14H2,(H2,15,16,17)/t7-,8-,9-,10-/m0/s1. The normalized spacial score (nSPS) is 33.9. The summed E-state index contributed by atoms with van der Waals surface area (Å²) in [5, 5.41) is 0. The van der Waals surface area contributed by atoms with Gasteiger partial charge in [-0.2, -0.15) is 0 Å². The number of anilines is 1. The summed E-state index contributed by atoms with van der Waals surface area (Å²) in [6.45, 7) is 0. The van der Waals surface area contributed by atoms with Crippen LogP contribution in [0.3, 0.4) is 0 Å². The lowest BCUT2D eigenvalue weighted by Gasteiger charge is -2.20. The molecule has 19 heavy (non-hydrogen) atoms. The third-order valence-corrected chi connectivity index (χ3v) is 4.97. The predicted molar refractivity (Wildman–Crippen MR) is 72.2 cm³/mol. The lowest BCUT2D eigenvalue weighted by atomic mass is 9.96. The molecule has 2 heterocycles. The van der Waals surface area contributed by atoms with Gasteiger partial charge >= 0.3 is 0 Å². The molecule has 2 aliphatic rings. The van der Waals surface area contributed by atoms with Crippen LogP contribution >= 0.6 is 0 Å². The lowest BCUT2D eigenvalue weighted by molar-refractivity contribution is 0.343. The minimum atomic E-state index is 0.379. The Bertz CT molecular complexity index is 621. The van der Waals surface area contributed by atoms with E-state index < -0.39 is 0 Å². The zero-order valence-corrected chi connectivity index (χ0v) is 10.7. The summed E-state index contributed by atoms with van der Waals surface area (Å²) in [5.74, 6) is 1.80. The molecule has 0 radical (unpaired) electrons. The van der Waals surface area contributed by atoms with E-state index >= 15 is 0 Å². The van der Waals surface area contributed by atoms with Gasteiger partial charge in [0, 0.05) is 12.1 Å². The summed E-state index contributed by atoms with van der Waals surface area (Å²) in [7, 11) is 0. The molecule has 0 saturated heterocycles. The molecule has 4 atom stereocenters. The molecule has 4 N–H and O–H groups in total. The van der Waals surface area contributed by atoms with Gasteiger partial charge in [0.05, 0.1) is 6.33 Å². The summed E-state index contributed by atoms with van der Waals surface area (Å²) in [4.78, 5) is 12.7. The molecule has 0 amide bonds. The number of nitrogens with two attached hydrogens (primary N) is 2. The first kappa shape index (κ1) is 11.2. The Balaban J connectivity index is 1.77. The van der Waals surface area contributed by atoms with Crippen LogP contribution in [-0.4, -0.2) is 25.6 Å². The monoisotopic (exact) mass is 258 g/mol. The fourth-order valence-electron chi connectivity index (χ4n) is 4.07. The van der Waals surface area contributed by atoms with E-state index in [0.717, 1.165) is 12.1 Å². The average molecular weight is 258 g/mol. The molecule has 0 aliphatic heterocycles. The molecule has 2 fully saturated rings. The number of fused-ring (bicyclic) bond motifs is 2. The highest BCUT2D eigenvalue weighted by Crippen LogP contribution is 2.49. The van der Waals surface area contributed by atoms with Crippen LogP contribution in [0.1, 0.15) is 31.7 Å². The maximum Gasteiger partial charge on any atom is 0.165 e. The molecule has 2 aromatic rings. The number of imidazole rings is 1. The van der Waals surface area contributed by atoms with Crippen LogP contribution in [-0.2, 0) is 0 Å². The first-order valence-corrected chi connectivity index (χ1v) is 6.94. The van der Waals surface area contributed by atoms with Crippen LogP contribution in [0.5, 0.6) is 0 Å². The number of nitrogen functional groups attached to an aromatic ring is 1. The third-order valence-electron chi connectivity index (χ3n) is 4.97. The van der Waals surface area contributed by atoms with Gasteiger partial charge in [-0.25, -0.2) is 15.0 Å². The molecular weight excluding hydrogens is 240 g/mol. The van der Waals surface area contributed by atoms with E-state index in [-0.39, 0.29) is 0 Å². The third kappa shape index (κ3) is 1.49. The summed E-state index contributed by atoms with van der Waals surface area (Å²) < 4.78 is 2.19. The number of aromatic nitrogens is 4. The first-order valence-electron chi connectivity index (χ1n) is 6.94. The molecule has 6 heteroatoms. The largest absolute Gasteiger partial charge is 0.382 e. The smallest absolute Gasteiger partial charge is 0.165 e. The van der Waals surface area contributed by atoms with Gasteiger partial charge in [0.25, 0.3) is 0 Å². The van der Waals surface area contributed by atoms with Gasteiger partial charge in [0.1, 0.15) is 11.8 Å². The van der Waals surface area contributed by atoms with Crippen molar-refractivity contribution in [2.75, 3.05) is 5.73 Å². The topological polar surface area (TPSA) is 95.6 Å². The van der Waals surface area contributed by atoms with E-state index in [1.807, 2.05) is 6.33 Å². The molecule has 6 nitrogen and oxygen atoms in total. The molecule has 100 valence electrons. The van der Waals surface area contributed by atoms with Crippen LogP contribution in [0, 0.1) is 11.8 Å². The molecule has 0 unspecified atom stereocenters. The van der Waals surface area contributed by atoms with Crippen molar-refractivity contribution >= 4 is 17.0 Å². The molecule has 4 rings (SSSR count). The van der Waals surface area contributed by atoms with Gasteiger partial charge in [-0.1, -0.05) is 0 Å². The molecule has 2 aliphatic carbocycles. The Morgan fingerprint density at radius 1 is 1.05 bits per heavy atom. The summed E-state index contributed by atoms with van der Waals surface area (Å²) in [6.07, 6.45) is 8.14. The Morgan fingerprint density at radius 2 is 1.89 bits per heavy atom. The zero-order valence-electron chi connectivity index (χ0n) is 10.7.